The minimum Gasteiger partial charge on any atom is -0.367 e. The first-order valence-corrected chi connectivity index (χ1v) is 10.2. The van der Waals surface area contributed by atoms with Gasteiger partial charge in [-0.2, -0.15) is 18.3 Å². The Morgan fingerprint density at radius 1 is 1.25 bits per heavy atom. The predicted octanol–water partition coefficient (Wildman–Crippen LogP) is 4.19. The fourth-order valence-electron chi connectivity index (χ4n) is 4.46. The van der Waals surface area contributed by atoms with Gasteiger partial charge in [0.05, 0.1) is 5.69 Å². The lowest BCUT2D eigenvalue weighted by Crippen LogP contribution is -2.44. The number of fused-ring (bicyclic) bond motifs is 1. The van der Waals surface area contributed by atoms with Gasteiger partial charge in [0, 0.05) is 37.0 Å². The summed E-state index contributed by atoms with van der Waals surface area (Å²) in [7, 11) is 0. The smallest absolute Gasteiger partial charge is 0.367 e. The number of rotatable bonds is 2. The van der Waals surface area contributed by atoms with Gasteiger partial charge >= 0.3 is 6.18 Å². The molecule has 5 atom stereocenters. The molecule has 0 spiro atoms. The molecule has 1 aromatic rings. The van der Waals surface area contributed by atoms with Crippen LogP contribution in [0.5, 0.6) is 0 Å². The number of hydrogen-bond acceptors (Lipinski definition) is 3. The third-order valence-electron chi connectivity index (χ3n) is 6.60. The summed E-state index contributed by atoms with van der Waals surface area (Å²) >= 11 is 0. The van der Waals surface area contributed by atoms with Crippen LogP contribution in [0.15, 0.2) is 6.07 Å². The van der Waals surface area contributed by atoms with Crippen LogP contribution >= 0.6 is 0 Å². The van der Waals surface area contributed by atoms with Crippen molar-refractivity contribution in [3.8, 4) is 0 Å². The summed E-state index contributed by atoms with van der Waals surface area (Å²) in [6, 6.07) is -0.142. The van der Waals surface area contributed by atoms with Gasteiger partial charge in [0.2, 0.25) is 5.91 Å². The second-order valence-corrected chi connectivity index (χ2v) is 9.84. The molecule has 1 saturated carbocycles. The van der Waals surface area contributed by atoms with Crippen LogP contribution in [0.4, 0.5) is 19.0 Å². The fraction of sp³-hybridized carbons (Fsp3) is 0.800. The van der Waals surface area contributed by atoms with Crippen molar-refractivity contribution in [1.29, 1.82) is 0 Å². The zero-order chi connectivity index (χ0) is 20.4. The minimum atomic E-state index is -4.34. The molecule has 1 N–H and O–H groups in total. The molecule has 1 amide bonds. The Labute approximate surface area is 163 Å². The van der Waals surface area contributed by atoms with Gasteiger partial charge in [-0.05, 0) is 30.6 Å². The molecular formula is C20H29F3N4O. The Kier molecular flexibility index (Phi) is 4.47. The Bertz CT molecular complexity index is 766. The topological polar surface area (TPSA) is 50.2 Å². The highest BCUT2D eigenvalue weighted by atomic mass is 19.4. The first-order chi connectivity index (χ1) is 12.9. The second-order valence-electron chi connectivity index (χ2n) is 9.84. The quantitative estimate of drug-likeness (QED) is 0.813. The lowest BCUT2D eigenvalue weighted by atomic mass is 9.82. The molecular weight excluding hydrogens is 369 g/mol. The van der Waals surface area contributed by atoms with Gasteiger partial charge in [-0.15, -0.1) is 0 Å². The second kappa shape index (κ2) is 6.39. The first-order valence-electron chi connectivity index (χ1n) is 10.2. The molecule has 28 heavy (non-hydrogen) atoms. The van der Waals surface area contributed by atoms with Gasteiger partial charge in [-0.1, -0.05) is 27.7 Å². The van der Waals surface area contributed by atoms with Gasteiger partial charge < -0.3 is 10.2 Å². The van der Waals surface area contributed by atoms with Gasteiger partial charge in [0.15, 0.2) is 6.04 Å². The lowest BCUT2D eigenvalue weighted by Gasteiger charge is -2.39. The molecule has 1 aromatic heterocycles. The van der Waals surface area contributed by atoms with Crippen LogP contribution in [-0.2, 0) is 4.79 Å². The largest absolute Gasteiger partial charge is 0.410 e. The SMILES string of the molecule is C[C@H]1C[C@H]1C(=O)N1CC[C@H](c2cc3n(n2)[C@H](C(F)(F)F)C[C@H](C(C)(C)C)N3)C1. The Hall–Kier alpha value is -1.73. The Balaban J connectivity index is 1.55. The number of nitrogens with one attached hydrogen (secondary N) is 1. The van der Waals surface area contributed by atoms with Crippen molar-refractivity contribution in [2.24, 2.45) is 17.3 Å². The summed E-state index contributed by atoms with van der Waals surface area (Å²) in [5, 5.41) is 7.63. The highest BCUT2D eigenvalue weighted by Gasteiger charge is 2.49. The van der Waals surface area contributed by atoms with Crippen LogP contribution in [0.25, 0.3) is 0 Å². The van der Waals surface area contributed by atoms with Crippen LogP contribution in [0.3, 0.4) is 0 Å². The van der Waals surface area contributed by atoms with E-state index in [-0.39, 0.29) is 35.6 Å². The molecule has 0 unspecified atom stereocenters. The van der Waals surface area contributed by atoms with Gasteiger partial charge in [-0.3, -0.25) is 4.79 Å². The fourth-order valence-corrected chi connectivity index (χ4v) is 4.46. The zero-order valence-electron chi connectivity index (χ0n) is 16.9. The maximum Gasteiger partial charge on any atom is 0.410 e. The maximum atomic E-state index is 13.7. The van der Waals surface area contributed by atoms with Crippen molar-refractivity contribution in [3.05, 3.63) is 11.8 Å². The summed E-state index contributed by atoms with van der Waals surface area (Å²) < 4.78 is 42.3. The number of carbonyl (C=O) groups is 1. The van der Waals surface area contributed by atoms with E-state index in [4.69, 9.17) is 0 Å². The molecule has 3 aliphatic rings. The van der Waals surface area contributed by atoms with E-state index in [0.29, 0.717) is 30.5 Å². The van der Waals surface area contributed by atoms with E-state index in [9.17, 15) is 18.0 Å². The number of hydrogen-bond donors (Lipinski definition) is 1. The highest BCUT2D eigenvalue weighted by Crippen LogP contribution is 2.45. The van der Waals surface area contributed by atoms with E-state index in [1.165, 1.54) is 0 Å². The van der Waals surface area contributed by atoms with Crippen molar-refractivity contribution in [2.75, 3.05) is 18.4 Å². The number of carbonyl (C=O) groups excluding carboxylic acids is 1. The van der Waals surface area contributed by atoms with Gasteiger partial charge in [0.1, 0.15) is 5.82 Å². The first kappa shape index (κ1) is 19.6. The van der Waals surface area contributed by atoms with Crippen molar-refractivity contribution < 1.29 is 18.0 Å². The maximum absolute atomic E-state index is 13.7. The molecule has 1 saturated heterocycles. The van der Waals surface area contributed by atoms with E-state index in [2.05, 4.69) is 17.3 Å². The van der Waals surface area contributed by atoms with E-state index in [0.717, 1.165) is 17.5 Å². The number of nitrogens with zero attached hydrogens (tertiary/aromatic N) is 3. The van der Waals surface area contributed by atoms with Crippen LogP contribution in [0, 0.1) is 17.3 Å². The van der Waals surface area contributed by atoms with Crippen molar-refractivity contribution in [2.45, 2.75) is 71.1 Å². The lowest BCUT2D eigenvalue weighted by molar-refractivity contribution is -0.175. The molecule has 8 heteroatoms. The molecule has 4 rings (SSSR count). The summed E-state index contributed by atoms with van der Waals surface area (Å²) in [6.45, 7) is 9.14. The van der Waals surface area contributed by atoms with E-state index >= 15 is 0 Å². The average molecular weight is 398 g/mol. The van der Waals surface area contributed by atoms with Crippen molar-refractivity contribution >= 4 is 11.7 Å². The van der Waals surface area contributed by atoms with Crippen molar-refractivity contribution in [1.82, 2.24) is 14.7 Å². The van der Waals surface area contributed by atoms with E-state index in [1.807, 2.05) is 25.7 Å². The number of aromatic nitrogens is 2. The molecule has 156 valence electrons. The number of halogens is 3. The monoisotopic (exact) mass is 398 g/mol. The van der Waals surface area contributed by atoms with E-state index in [1.54, 1.807) is 6.07 Å². The van der Waals surface area contributed by atoms with E-state index < -0.39 is 12.2 Å². The third kappa shape index (κ3) is 3.50. The molecule has 2 fully saturated rings. The third-order valence-corrected chi connectivity index (χ3v) is 6.60. The zero-order valence-corrected chi connectivity index (χ0v) is 16.9. The molecule has 5 nitrogen and oxygen atoms in total. The summed E-state index contributed by atoms with van der Waals surface area (Å²) in [5.74, 6) is 1.22. The molecule has 0 aromatic carbocycles. The highest BCUT2D eigenvalue weighted by molar-refractivity contribution is 5.82. The van der Waals surface area contributed by atoms with Crippen LogP contribution < -0.4 is 5.32 Å². The molecule has 1 aliphatic carbocycles. The molecule has 2 aliphatic heterocycles. The summed E-state index contributed by atoms with van der Waals surface area (Å²) in [6.07, 6.45) is -2.67. The molecule has 0 radical (unpaired) electrons. The number of alkyl halides is 3. The predicted molar refractivity (Wildman–Crippen MR) is 100 cm³/mol. The normalized spacial score (nSPS) is 32.8. The van der Waals surface area contributed by atoms with Crippen LogP contribution in [0.2, 0.25) is 0 Å². The number of amides is 1. The standard InChI is InChI=1S/C20H29F3N4O/c1-11-7-13(11)18(28)26-6-5-12(10-26)14-8-17-24-15(19(2,3)4)9-16(20(21,22)23)27(17)25-14/h8,11-13,15-16,24H,5-7,9-10H2,1-4H3/t11-,12-,13+,15+,16-/m0/s1. The Morgan fingerprint density at radius 2 is 1.93 bits per heavy atom. The van der Waals surface area contributed by atoms with Gasteiger partial charge in [-0.25, -0.2) is 4.68 Å². The molecule has 3 heterocycles. The summed E-state index contributed by atoms with van der Waals surface area (Å²) in [4.78, 5) is 14.3. The Morgan fingerprint density at radius 3 is 2.50 bits per heavy atom. The number of likely N-dealkylation sites (tertiary alicyclic amines) is 1. The van der Waals surface area contributed by atoms with Crippen LogP contribution in [0.1, 0.15) is 64.6 Å². The molecule has 0 bridgehead atoms. The minimum absolute atomic E-state index is 0.000114. The average Bonchev–Trinajstić information content (AvgIpc) is 3.01. The summed E-state index contributed by atoms with van der Waals surface area (Å²) in [5.41, 5.74) is 0.363. The van der Waals surface area contributed by atoms with Gasteiger partial charge in [0.25, 0.3) is 0 Å². The van der Waals surface area contributed by atoms with Crippen molar-refractivity contribution in [3.63, 3.8) is 0 Å². The van der Waals surface area contributed by atoms with Crippen LogP contribution in [-0.4, -0.2) is 45.9 Å². The number of anilines is 1.